The molecule has 10 fully saturated rings. The zero-order valence-electron chi connectivity index (χ0n) is 78.3. The molecule has 10 aliphatic heterocycles. The molecule has 0 aromatic rings. The van der Waals surface area contributed by atoms with Crippen LogP contribution in [0.2, 0.25) is 0 Å². The Kier molecular flexibility index (Phi) is 50.5. The minimum absolute atomic E-state index is 0.0328. The van der Waals surface area contributed by atoms with Gasteiger partial charge in [-0.2, -0.15) is 0 Å². The van der Waals surface area contributed by atoms with Crippen LogP contribution in [0.4, 0.5) is 0 Å². The van der Waals surface area contributed by atoms with Crippen molar-refractivity contribution < 1.29 is 263 Å². The largest absolute Gasteiger partial charge is 0.394 e. The van der Waals surface area contributed by atoms with Gasteiger partial charge in [0.1, 0.15) is 250 Å². The van der Waals surface area contributed by atoms with Gasteiger partial charge < -0.3 is 263 Å². The third kappa shape index (κ3) is 30.2. The standard InChI is InChI=1S/C87H156O53/c1-3-5-7-9-11-13-15-17-19-21-23-119-35-37(36-120-24-22-20-18-16-14-12-10-8-6-4-2)121-78-60(110)50(100)69(39(26-89)123-78)133-80-62(112)52(102)71(41(28-91)125-80)135-82-64(114)54(104)73(43(30-93)127-82)137-84-66(116)56(106)75(45(32-95)129-84)139-86-68(118)58(108)77(47(34-97)131-86)140-87-67(117)57(107)76(46(33-96)130-87)138-85-65(115)55(105)74(44(31-94)128-85)136-83-63(113)53(103)72(42(29-92)126-83)134-81-61(111)51(101)70(40(27-90)124-81)132-79-59(109)49(99)48(98)38(25-88)122-79/h37-118H,3-36H2,1-2H3/t38-,39-,40-,41-,42-,43-,44-,45-,46-,47-,48-,49+,50-,51-,52-,53-,54-,55-,56-,57-,58-,59-,60-,61-,62-,63-,64-,65-,66-,67-,68-,69-,70-,71-,72-,73-,74-,75-,76-,77-,78-,79-,80-,81+,82+,83-,84-,85+,86+,87-/m1/s1. The van der Waals surface area contributed by atoms with Gasteiger partial charge >= 0.3 is 0 Å². The maximum absolute atomic E-state index is 11.6. The van der Waals surface area contributed by atoms with Crippen LogP contribution in [0.3, 0.4) is 0 Å². The van der Waals surface area contributed by atoms with Gasteiger partial charge in [0.25, 0.3) is 0 Å². The molecule has 140 heavy (non-hydrogen) atoms. The van der Waals surface area contributed by atoms with Crippen molar-refractivity contribution >= 4 is 0 Å². The van der Waals surface area contributed by atoms with Gasteiger partial charge in [0, 0.05) is 13.2 Å². The number of aliphatic hydroxyl groups is 31. The Morgan fingerprint density at radius 1 is 0.171 bits per heavy atom. The average molecular weight is 2050 g/mol. The third-order valence-electron chi connectivity index (χ3n) is 27.1. The second kappa shape index (κ2) is 59.0. The van der Waals surface area contributed by atoms with E-state index in [4.69, 9.17) is 104 Å². The lowest BCUT2D eigenvalue weighted by atomic mass is 9.95. The zero-order chi connectivity index (χ0) is 102. The predicted octanol–water partition coefficient (Wildman–Crippen LogP) is -13.5. The van der Waals surface area contributed by atoms with Crippen LogP contribution < -0.4 is 0 Å². The highest BCUT2D eigenvalue weighted by atomic mass is 16.8. The summed E-state index contributed by atoms with van der Waals surface area (Å²) in [7, 11) is 0. The molecular weight excluding hydrogens is 1890 g/mol. The fraction of sp³-hybridized carbons (Fsp3) is 1.00. The minimum atomic E-state index is -2.33. The van der Waals surface area contributed by atoms with E-state index in [0.29, 0.717) is 13.2 Å². The molecule has 10 aliphatic rings. The first-order chi connectivity index (χ1) is 67.2. The Hall–Kier alpha value is -2.12. The molecule has 0 unspecified atom stereocenters. The number of hydrogen-bond acceptors (Lipinski definition) is 53. The summed E-state index contributed by atoms with van der Waals surface area (Å²) in [5.74, 6) is 0. The highest BCUT2D eigenvalue weighted by Crippen LogP contribution is 2.42. The topological polar surface area (TPSA) is 830 Å². The van der Waals surface area contributed by atoms with E-state index < -0.39 is 379 Å². The fourth-order valence-electron chi connectivity index (χ4n) is 18.7. The first-order valence-corrected chi connectivity index (χ1v) is 48.8. The first kappa shape index (κ1) is 120. The Morgan fingerprint density at radius 2 is 0.321 bits per heavy atom. The van der Waals surface area contributed by atoms with Crippen LogP contribution in [0, 0.1) is 0 Å². The molecule has 0 bridgehead atoms. The summed E-state index contributed by atoms with van der Waals surface area (Å²) in [6.45, 7) is -5.22. The summed E-state index contributed by atoms with van der Waals surface area (Å²) < 4.78 is 127. The summed E-state index contributed by atoms with van der Waals surface area (Å²) in [5.41, 5.74) is 0. The van der Waals surface area contributed by atoms with Crippen LogP contribution in [0.15, 0.2) is 0 Å². The van der Waals surface area contributed by atoms with E-state index in [2.05, 4.69) is 13.8 Å². The van der Waals surface area contributed by atoms with Gasteiger partial charge in [0.15, 0.2) is 62.9 Å². The number of unbranched alkanes of at least 4 members (excludes halogenated alkanes) is 18. The molecule has 10 heterocycles. The molecule has 822 valence electrons. The van der Waals surface area contributed by atoms with Crippen LogP contribution in [0.5, 0.6) is 0 Å². The maximum atomic E-state index is 11.6. The lowest BCUT2D eigenvalue weighted by Crippen LogP contribution is -2.68. The summed E-state index contributed by atoms with van der Waals surface area (Å²) in [6, 6.07) is 0. The fourth-order valence-corrected chi connectivity index (χ4v) is 18.7. The van der Waals surface area contributed by atoms with Crippen LogP contribution in [0.1, 0.15) is 142 Å². The monoisotopic (exact) mass is 2050 g/mol. The molecule has 53 heteroatoms. The predicted molar refractivity (Wildman–Crippen MR) is 458 cm³/mol. The SMILES string of the molecule is CCCCCCCCCCCCOCC(COCCCCCCCCCCCC)O[C@@H]1O[C@H](CO)[C@@H](O[C@H]2O[C@H](CO)[C@@H](O[C@@H]3O[C@H](CO)[C@@H](O[C@H]4O[C@H](CO)[C@@H](O[C@@H]5O[C@H](CO)[C@@H](O[C@H]6O[C@H](CO)[C@@H](O[C@@H]7O[C@H](CO)[C@@H](O[C@H]8O[C@H](CO)[C@@H](O[C@@H]9O[C@H](CO)[C@@H](O[C@H]%10O[C@H](CO)[C@@H](O)[C@H](O)[C@H]%10O)[C@H](O)[C@H]9O)[C@H](O)[C@H]8O)[C@H](O)[C@H]7O)[C@H](O)[C@H]6O)[C@H](O)[C@H]5O)[C@H](O)[C@H]4O)[C@H](O)[C@H]3O)[C@H](O)[C@H]2O)[C@H](O)[C@H]1O. The van der Waals surface area contributed by atoms with E-state index in [0.717, 1.165) is 51.4 Å². The summed E-state index contributed by atoms with van der Waals surface area (Å²) in [6.07, 6.45) is -78.7. The number of rotatable bonds is 56. The van der Waals surface area contributed by atoms with Crippen LogP contribution in [-0.4, -0.2) is 564 Å². The van der Waals surface area contributed by atoms with E-state index in [-0.39, 0.29) is 13.2 Å². The molecule has 0 spiro atoms. The van der Waals surface area contributed by atoms with E-state index in [1.54, 1.807) is 0 Å². The maximum Gasteiger partial charge on any atom is 0.187 e. The van der Waals surface area contributed by atoms with Crippen molar-refractivity contribution in [3.63, 3.8) is 0 Å². The van der Waals surface area contributed by atoms with Gasteiger partial charge in [-0.3, -0.25) is 0 Å². The Labute approximate surface area is 807 Å². The van der Waals surface area contributed by atoms with Gasteiger partial charge in [-0.25, -0.2) is 0 Å². The van der Waals surface area contributed by atoms with Gasteiger partial charge in [0.05, 0.1) is 79.3 Å². The Morgan fingerprint density at radius 3 is 0.500 bits per heavy atom. The van der Waals surface area contributed by atoms with Gasteiger partial charge in [-0.15, -0.1) is 0 Å². The normalized spacial score (nSPS) is 45.1. The lowest BCUT2D eigenvalue weighted by molar-refractivity contribution is -0.401. The van der Waals surface area contributed by atoms with Crippen LogP contribution >= 0.6 is 0 Å². The second-order valence-electron chi connectivity index (χ2n) is 37.2. The minimum Gasteiger partial charge on any atom is -0.394 e. The molecule has 0 aromatic carbocycles. The van der Waals surface area contributed by atoms with E-state index in [9.17, 15) is 158 Å². The van der Waals surface area contributed by atoms with Crippen LogP contribution in [-0.2, 0) is 104 Å². The van der Waals surface area contributed by atoms with Crippen molar-refractivity contribution in [3.05, 3.63) is 0 Å². The van der Waals surface area contributed by atoms with Crippen molar-refractivity contribution in [2.24, 2.45) is 0 Å². The second-order valence-corrected chi connectivity index (χ2v) is 37.2. The molecule has 0 amide bonds. The van der Waals surface area contributed by atoms with E-state index in [1.807, 2.05) is 0 Å². The van der Waals surface area contributed by atoms with E-state index >= 15 is 0 Å². The van der Waals surface area contributed by atoms with Crippen molar-refractivity contribution in [2.45, 2.75) is 455 Å². The van der Waals surface area contributed by atoms with Crippen molar-refractivity contribution in [1.29, 1.82) is 0 Å². The average Bonchev–Trinajstić information content (AvgIpc) is 0.772. The Balaban J connectivity index is 0.679. The highest BCUT2D eigenvalue weighted by molar-refractivity contribution is 5.04. The summed E-state index contributed by atoms with van der Waals surface area (Å²) >= 11 is 0. The summed E-state index contributed by atoms with van der Waals surface area (Å²) in [4.78, 5) is 0. The zero-order valence-corrected chi connectivity index (χ0v) is 78.3. The number of hydrogen-bond donors (Lipinski definition) is 31. The molecule has 0 aromatic heterocycles. The van der Waals surface area contributed by atoms with Crippen molar-refractivity contribution in [1.82, 2.24) is 0 Å². The number of aliphatic hydroxyl groups excluding tert-OH is 31. The van der Waals surface area contributed by atoms with Crippen molar-refractivity contribution in [3.8, 4) is 0 Å². The molecule has 31 N–H and O–H groups in total. The van der Waals surface area contributed by atoms with Gasteiger partial charge in [-0.05, 0) is 12.8 Å². The third-order valence-corrected chi connectivity index (χ3v) is 27.1. The van der Waals surface area contributed by atoms with Crippen LogP contribution in [0.25, 0.3) is 0 Å². The lowest BCUT2D eigenvalue weighted by Gasteiger charge is -2.50. The van der Waals surface area contributed by atoms with E-state index in [1.165, 1.54) is 77.0 Å². The highest BCUT2D eigenvalue weighted by Gasteiger charge is 2.62. The molecule has 10 saturated heterocycles. The number of ether oxygens (including phenoxy) is 22. The molecule has 0 aliphatic carbocycles. The molecule has 0 saturated carbocycles. The molecular formula is C87H156O53. The smallest absolute Gasteiger partial charge is 0.187 e. The molecule has 0 radical (unpaired) electrons. The molecule has 10 rings (SSSR count). The molecule has 50 atom stereocenters. The Bertz CT molecular complexity index is 3290. The van der Waals surface area contributed by atoms with Gasteiger partial charge in [-0.1, -0.05) is 129 Å². The molecule has 53 nitrogen and oxygen atoms in total. The van der Waals surface area contributed by atoms with Gasteiger partial charge in [0.2, 0.25) is 0 Å². The summed E-state index contributed by atoms with van der Waals surface area (Å²) in [5, 5.41) is 343. The van der Waals surface area contributed by atoms with Crippen molar-refractivity contribution in [2.75, 3.05) is 92.5 Å². The first-order valence-electron chi connectivity index (χ1n) is 48.8. The quantitative estimate of drug-likeness (QED) is 0.0251.